The van der Waals surface area contributed by atoms with E-state index in [0.29, 0.717) is 37.4 Å². The third kappa shape index (κ3) is 6.55. The quantitative estimate of drug-likeness (QED) is 0.440. The van der Waals surface area contributed by atoms with Crippen LogP contribution in [0.3, 0.4) is 0 Å². The molecule has 0 aromatic heterocycles. The Morgan fingerprint density at radius 1 is 0.903 bits per heavy atom. The van der Waals surface area contributed by atoms with Crippen LogP contribution in [0, 0.1) is 5.82 Å². The molecule has 0 aliphatic carbocycles. The maximum absolute atomic E-state index is 13.9. The molecule has 0 aliphatic rings. The predicted molar refractivity (Wildman–Crippen MR) is 116 cm³/mol. The molecule has 3 aromatic rings. The lowest BCUT2D eigenvalue weighted by Gasteiger charge is -2.11. The number of carboxylic acid groups (broad SMARTS) is 1. The van der Waals surface area contributed by atoms with Gasteiger partial charge in [-0.2, -0.15) is 0 Å². The fourth-order valence-electron chi connectivity index (χ4n) is 3.07. The number of benzene rings is 3. The largest absolute Gasteiger partial charge is 0.493 e. The Labute approximate surface area is 181 Å². The highest BCUT2D eigenvalue weighted by Crippen LogP contribution is 2.24. The Balaban J connectivity index is 1.39. The van der Waals surface area contributed by atoms with E-state index in [1.54, 1.807) is 12.1 Å². The summed E-state index contributed by atoms with van der Waals surface area (Å²) in [5.41, 5.74) is 2.23. The molecule has 0 heterocycles. The van der Waals surface area contributed by atoms with E-state index in [0.717, 1.165) is 16.9 Å². The average molecular weight is 424 g/mol. The number of aliphatic carboxylic acids is 1. The zero-order chi connectivity index (χ0) is 22.1. The third-order valence-corrected chi connectivity index (χ3v) is 4.77. The number of halogens is 1. The van der Waals surface area contributed by atoms with Gasteiger partial charge in [0.1, 0.15) is 17.3 Å². The summed E-state index contributed by atoms with van der Waals surface area (Å²) in [7, 11) is 1.38. The normalized spacial score (nSPS) is 11.7. The molecule has 1 unspecified atom stereocenters. The van der Waals surface area contributed by atoms with E-state index in [2.05, 4.69) is 0 Å². The van der Waals surface area contributed by atoms with Crippen molar-refractivity contribution in [2.45, 2.75) is 18.9 Å². The molecule has 6 heteroatoms. The van der Waals surface area contributed by atoms with Gasteiger partial charge in [0, 0.05) is 25.5 Å². The summed E-state index contributed by atoms with van der Waals surface area (Å²) in [6.45, 7) is 0.980. The van der Waals surface area contributed by atoms with Crippen LogP contribution in [0.15, 0.2) is 72.8 Å². The highest BCUT2D eigenvalue weighted by molar-refractivity contribution is 5.72. The Hall–Kier alpha value is -3.38. The van der Waals surface area contributed by atoms with Crippen LogP contribution in [0.25, 0.3) is 11.1 Å². The molecule has 3 rings (SSSR count). The minimum absolute atomic E-state index is 0.248. The van der Waals surface area contributed by atoms with Crippen molar-refractivity contribution in [3.05, 3.63) is 84.2 Å². The second kappa shape index (κ2) is 11.1. The number of rotatable bonds is 11. The zero-order valence-corrected chi connectivity index (χ0v) is 17.3. The minimum atomic E-state index is -0.982. The Morgan fingerprint density at radius 3 is 2.03 bits per heavy atom. The monoisotopic (exact) mass is 424 g/mol. The molecule has 0 amide bonds. The van der Waals surface area contributed by atoms with Crippen molar-refractivity contribution in [1.29, 1.82) is 0 Å². The zero-order valence-electron chi connectivity index (χ0n) is 17.3. The fraction of sp³-hybridized carbons (Fsp3) is 0.240. The molecule has 1 atom stereocenters. The van der Waals surface area contributed by atoms with Gasteiger partial charge in [0.25, 0.3) is 0 Å². The van der Waals surface area contributed by atoms with Gasteiger partial charge in [0.2, 0.25) is 0 Å². The molecule has 5 nitrogen and oxygen atoms in total. The molecule has 1 N–H and O–H groups in total. The SMILES string of the molecule is COC(Cc1ccc(OCCCOc2ccc(-c3ccccc3F)cc2)cc1)C(=O)O. The number of carbonyl (C=O) groups is 1. The molecule has 3 aromatic carbocycles. The third-order valence-electron chi connectivity index (χ3n) is 4.77. The van der Waals surface area contributed by atoms with Gasteiger partial charge in [0.05, 0.1) is 13.2 Å². The van der Waals surface area contributed by atoms with Crippen LogP contribution in [0.4, 0.5) is 4.39 Å². The second-order valence-corrected chi connectivity index (χ2v) is 6.97. The number of ether oxygens (including phenoxy) is 3. The first-order chi connectivity index (χ1) is 15.1. The van der Waals surface area contributed by atoms with Crippen LogP contribution < -0.4 is 9.47 Å². The van der Waals surface area contributed by atoms with E-state index in [1.807, 2.05) is 54.6 Å². The molecule has 0 saturated carbocycles. The number of hydrogen-bond acceptors (Lipinski definition) is 4. The molecule has 0 fully saturated rings. The highest BCUT2D eigenvalue weighted by atomic mass is 19.1. The summed E-state index contributed by atoms with van der Waals surface area (Å²) in [5, 5.41) is 9.04. The summed E-state index contributed by atoms with van der Waals surface area (Å²) in [6.07, 6.45) is 0.140. The summed E-state index contributed by atoms with van der Waals surface area (Å²) in [6, 6.07) is 21.3. The maximum atomic E-state index is 13.9. The van der Waals surface area contributed by atoms with Crippen molar-refractivity contribution >= 4 is 5.97 Å². The smallest absolute Gasteiger partial charge is 0.333 e. The van der Waals surface area contributed by atoms with E-state index < -0.39 is 12.1 Å². The predicted octanol–water partition coefficient (Wildman–Crippen LogP) is 4.98. The number of carboxylic acids is 1. The topological polar surface area (TPSA) is 65.0 Å². The molecule has 162 valence electrons. The van der Waals surface area contributed by atoms with E-state index in [4.69, 9.17) is 19.3 Å². The van der Waals surface area contributed by atoms with Crippen molar-refractivity contribution < 1.29 is 28.5 Å². The lowest BCUT2D eigenvalue weighted by molar-refractivity contribution is -0.148. The van der Waals surface area contributed by atoms with Crippen molar-refractivity contribution in [1.82, 2.24) is 0 Å². The Bertz CT molecular complexity index is 970. The first-order valence-electron chi connectivity index (χ1n) is 10.0. The van der Waals surface area contributed by atoms with Gasteiger partial charge >= 0.3 is 5.97 Å². The number of methoxy groups -OCH3 is 1. The molecular formula is C25H25FO5. The molecule has 0 aliphatic heterocycles. The van der Waals surface area contributed by atoms with Gasteiger partial charge in [-0.05, 0) is 41.5 Å². The fourth-order valence-corrected chi connectivity index (χ4v) is 3.07. The van der Waals surface area contributed by atoms with Crippen molar-refractivity contribution in [3.8, 4) is 22.6 Å². The second-order valence-electron chi connectivity index (χ2n) is 6.97. The highest BCUT2D eigenvalue weighted by Gasteiger charge is 2.16. The number of hydrogen-bond donors (Lipinski definition) is 1. The summed E-state index contributed by atoms with van der Waals surface area (Å²) in [4.78, 5) is 11.0. The molecule has 0 radical (unpaired) electrons. The van der Waals surface area contributed by atoms with Gasteiger partial charge in [-0.15, -0.1) is 0 Å². The van der Waals surface area contributed by atoms with Crippen LogP contribution in [0.1, 0.15) is 12.0 Å². The Morgan fingerprint density at radius 2 is 1.48 bits per heavy atom. The van der Waals surface area contributed by atoms with Crippen LogP contribution in [0.5, 0.6) is 11.5 Å². The van der Waals surface area contributed by atoms with Crippen molar-refractivity contribution in [3.63, 3.8) is 0 Å². The molecule has 0 spiro atoms. The minimum Gasteiger partial charge on any atom is -0.493 e. The maximum Gasteiger partial charge on any atom is 0.333 e. The van der Waals surface area contributed by atoms with Crippen LogP contribution in [0.2, 0.25) is 0 Å². The average Bonchev–Trinajstić information content (AvgIpc) is 2.79. The van der Waals surface area contributed by atoms with Crippen LogP contribution in [-0.2, 0) is 16.0 Å². The van der Waals surface area contributed by atoms with Gasteiger partial charge in [0.15, 0.2) is 6.10 Å². The molecular weight excluding hydrogens is 399 g/mol. The first-order valence-corrected chi connectivity index (χ1v) is 10.0. The van der Waals surface area contributed by atoms with Crippen molar-refractivity contribution in [2.75, 3.05) is 20.3 Å². The summed E-state index contributed by atoms with van der Waals surface area (Å²) in [5.74, 6) is 0.198. The van der Waals surface area contributed by atoms with E-state index in [-0.39, 0.29) is 5.82 Å². The molecule has 0 saturated heterocycles. The van der Waals surface area contributed by atoms with Gasteiger partial charge in [-0.3, -0.25) is 0 Å². The van der Waals surface area contributed by atoms with E-state index in [9.17, 15) is 9.18 Å². The first kappa shape index (κ1) is 22.3. The van der Waals surface area contributed by atoms with Crippen molar-refractivity contribution in [2.24, 2.45) is 0 Å². The Kier molecular flexibility index (Phi) is 8.01. The van der Waals surface area contributed by atoms with E-state index >= 15 is 0 Å². The lowest BCUT2D eigenvalue weighted by Crippen LogP contribution is -2.24. The summed E-state index contributed by atoms with van der Waals surface area (Å²) < 4.78 is 30.2. The molecule has 31 heavy (non-hydrogen) atoms. The van der Waals surface area contributed by atoms with E-state index in [1.165, 1.54) is 13.2 Å². The summed E-state index contributed by atoms with van der Waals surface area (Å²) >= 11 is 0. The lowest BCUT2D eigenvalue weighted by atomic mass is 10.1. The van der Waals surface area contributed by atoms with Gasteiger partial charge in [-0.1, -0.05) is 42.5 Å². The van der Waals surface area contributed by atoms with Gasteiger partial charge in [-0.25, -0.2) is 9.18 Å². The van der Waals surface area contributed by atoms with Crippen LogP contribution in [-0.4, -0.2) is 37.5 Å². The molecule has 0 bridgehead atoms. The standard InChI is InChI=1S/C25H25FO5/c1-29-24(25(27)28)17-18-7-11-20(12-8-18)30-15-4-16-31-21-13-9-19(10-14-21)22-5-2-3-6-23(22)26/h2-3,5-14,24H,4,15-17H2,1H3,(H,27,28). The van der Waals surface area contributed by atoms with Crippen LogP contribution >= 0.6 is 0 Å². The van der Waals surface area contributed by atoms with Gasteiger partial charge < -0.3 is 19.3 Å².